The summed E-state index contributed by atoms with van der Waals surface area (Å²) in [6.07, 6.45) is 0.354. The van der Waals surface area contributed by atoms with Crippen LogP contribution in [0.4, 0.5) is 5.95 Å². The fourth-order valence-electron chi connectivity index (χ4n) is 1.52. The number of rotatable bonds is 4. The zero-order valence-electron chi connectivity index (χ0n) is 10.3. The lowest BCUT2D eigenvalue weighted by atomic mass is 10.1. The Labute approximate surface area is 109 Å². The average Bonchev–Trinajstić information content (AvgIpc) is 2.77. The van der Waals surface area contributed by atoms with Crippen LogP contribution in [0.1, 0.15) is 5.56 Å². The summed E-state index contributed by atoms with van der Waals surface area (Å²) >= 11 is 0. The molecule has 8 heteroatoms. The molecule has 19 heavy (non-hydrogen) atoms. The molecule has 0 aliphatic heterocycles. The molecular weight excluding hydrogens is 248 g/mol. The Hall–Kier alpha value is -2.48. The number of hydrogen-bond acceptors (Lipinski definition) is 6. The van der Waals surface area contributed by atoms with E-state index < -0.39 is 6.04 Å². The number of aromatic hydroxyl groups is 1. The normalized spacial score (nSPS) is 12.1. The van der Waals surface area contributed by atoms with Gasteiger partial charge in [0, 0.05) is 0 Å². The van der Waals surface area contributed by atoms with Gasteiger partial charge in [-0.05, 0) is 29.3 Å². The molecule has 0 bridgehead atoms. The minimum absolute atomic E-state index is 0.119. The maximum atomic E-state index is 11.8. The summed E-state index contributed by atoms with van der Waals surface area (Å²) in [5.74, 6) is -0.0970. The molecule has 2 rings (SSSR count). The third kappa shape index (κ3) is 3.49. The predicted octanol–water partition coefficient (Wildman–Crippen LogP) is -0.576. The third-order valence-corrected chi connectivity index (χ3v) is 2.47. The summed E-state index contributed by atoms with van der Waals surface area (Å²) in [7, 11) is 1.60. The topological polar surface area (TPSA) is 119 Å². The maximum absolute atomic E-state index is 11.8. The number of nitrogens with two attached hydrogens (primary N) is 1. The monoisotopic (exact) mass is 262 g/mol. The van der Waals surface area contributed by atoms with Crippen LogP contribution in [0.3, 0.4) is 0 Å². The van der Waals surface area contributed by atoms with Crippen LogP contribution < -0.4 is 11.1 Å². The average molecular weight is 262 g/mol. The van der Waals surface area contributed by atoms with Gasteiger partial charge in [0.25, 0.3) is 5.95 Å². The van der Waals surface area contributed by atoms with E-state index in [1.165, 1.54) is 4.80 Å². The fourth-order valence-corrected chi connectivity index (χ4v) is 1.52. The fraction of sp³-hybridized carbons (Fsp3) is 0.273. The maximum Gasteiger partial charge on any atom is 0.270 e. The number of aromatic nitrogens is 4. The van der Waals surface area contributed by atoms with Crippen LogP contribution in [-0.2, 0) is 18.3 Å². The highest BCUT2D eigenvalue weighted by Crippen LogP contribution is 2.11. The van der Waals surface area contributed by atoms with E-state index in [0.717, 1.165) is 5.56 Å². The Bertz CT molecular complexity index is 565. The first-order valence-electron chi connectivity index (χ1n) is 5.63. The number of benzene rings is 1. The van der Waals surface area contributed by atoms with Crippen LogP contribution in [0.25, 0.3) is 0 Å². The second kappa shape index (κ2) is 5.44. The second-order valence-corrected chi connectivity index (χ2v) is 4.07. The van der Waals surface area contributed by atoms with E-state index in [4.69, 9.17) is 10.8 Å². The van der Waals surface area contributed by atoms with Gasteiger partial charge in [-0.2, -0.15) is 4.80 Å². The second-order valence-electron chi connectivity index (χ2n) is 4.07. The van der Waals surface area contributed by atoms with Crippen molar-refractivity contribution in [1.82, 2.24) is 20.2 Å². The van der Waals surface area contributed by atoms with Crippen LogP contribution >= 0.6 is 0 Å². The van der Waals surface area contributed by atoms with Crippen molar-refractivity contribution in [3.05, 3.63) is 29.8 Å². The Morgan fingerprint density at radius 1 is 1.47 bits per heavy atom. The van der Waals surface area contributed by atoms with Crippen molar-refractivity contribution in [2.24, 2.45) is 12.8 Å². The SMILES string of the molecule is Cn1nnc(NC(=O)[C@H](N)Cc2ccc(O)cc2)n1. The van der Waals surface area contributed by atoms with Gasteiger partial charge in [-0.1, -0.05) is 17.2 Å². The molecule has 0 fully saturated rings. The first-order chi connectivity index (χ1) is 9.04. The van der Waals surface area contributed by atoms with Crippen molar-refractivity contribution in [2.45, 2.75) is 12.5 Å². The minimum atomic E-state index is -0.728. The van der Waals surface area contributed by atoms with Crippen molar-refractivity contribution in [3.63, 3.8) is 0 Å². The van der Waals surface area contributed by atoms with Gasteiger partial charge in [-0.25, -0.2) is 0 Å². The van der Waals surface area contributed by atoms with Gasteiger partial charge in [-0.15, -0.1) is 5.10 Å². The van der Waals surface area contributed by atoms with Gasteiger partial charge in [-0.3, -0.25) is 10.1 Å². The number of nitrogens with zero attached hydrogens (tertiary/aromatic N) is 4. The largest absolute Gasteiger partial charge is 0.508 e. The van der Waals surface area contributed by atoms with E-state index in [1.54, 1.807) is 31.3 Å². The van der Waals surface area contributed by atoms with Crippen molar-refractivity contribution in [1.29, 1.82) is 0 Å². The zero-order chi connectivity index (χ0) is 13.8. The molecule has 0 unspecified atom stereocenters. The summed E-state index contributed by atoms with van der Waals surface area (Å²) in [5, 5.41) is 22.7. The molecular formula is C11H14N6O2. The molecule has 0 saturated carbocycles. The molecule has 0 aliphatic rings. The number of amides is 1. The van der Waals surface area contributed by atoms with Crippen molar-refractivity contribution >= 4 is 11.9 Å². The van der Waals surface area contributed by atoms with Crippen LogP contribution in [-0.4, -0.2) is 37.3 Å². The molecule has 0 aliphatic carbocycles. The van der Waals surface area contributed by atoms with Gasteiger partial charge in [0.05, 0.1) is 13.1 Å². The molecule has 100 valence electrons. The van der Waals surface area contributed by atoms with Gasteiger partial charge < -0.3 is 10.8 Å². The first kappa shape index (κ1) is 13.0. The summed E-state index contributed by atoms with van der Waals surface area (Å²) in [6, 6.07) is 5.79. The van der Waals surface area contributed by atoms with E-state index in [1.807, 2.05) is 0 Å². The number of anilines is 1. The number of phenols is 1. The van der Waals surface area contributed by atoms with Crippen molar-refractivity contribution in [2.75, 3.05) is 5.32 Å². The molecule has 0 spiro atoms. The molecule has 1 atom stereocenters. The van der Waals surface area contributed by atoms with E-state index in [9.17, 15) is 4.79 Å². The molecule has 1 heterocycles. The van der Waals surface area contributed by atoms with E-state index >= 15 is 0 Å². The number of nitrogens with one attached hydrogen (secondary N) is 1. The lowest BCUT2D eigenvalue weighted by molar-refractivity contribution is -0.117. The highest BCUT2D eigenvalue weighted by Gasteiger charge is 2.16. The van der Waals surface area contributed by atoms with Crippen molar-refractivity contribution in [3.8, 4) is 5.75 Å². The molecule has 2 aromatic rings. The lowest BCUT2D eigenvalue weighted by Gasteiger charge is -2.10. The molecule has 0 saturated heterocycles. The standard InChI is InChI=1S/C11H14N6O2/c1-17-15-11(14-16-17)13-10(19)9(12)6-7-2-4-8(18)5-3-7/h2-5,9,18H,6,12H2,1H3,(H,13,15,19)/t9-/m1/s1. The lowest BCUT2D eigenvalue weighted by Crippen LogP contribution is -2.37. The van der Waals surface area contributed by atoms with Gasteiger partial charge >= 0.3 is 0 Å². The van der Waals surface area contributed by atoms with Crippen LogP contribution in [0.15, 0.2) is 24.3 Å². The van der Waals surface area contributed by atoms with E-state index in [0.29, 0.717) is 6.42 Å². The van der Waals surface area contributed by atoms with Gasteiger partial charge in [0.1, 0.15) is 5.75 Å². The van der Waals surface area contributed by atoms with Crippen molar-refractivity contribution < 1.29 is 9.90 Å². The molecule has 0 radical (unpaired) electrons. The number of aryl methyl sites for hydroxylation is 1. The highest BCUT2D eigenvalue weighted by molar-refractivity contribution is 5.93. The van der Waals surface area contributed by atoms with Crippen LogP contribution in [0.5, 0.6) is 5.75 Å². The number of carbonyl (C=O) groups excluding carboxylic acids is 1. The summed E-state index contributed by atoms with van der Waals surface area (Å²) in [6.45, 7) is 0. The summed E-state index contributed by atoms with van der Waals surface area (Å²) in [5.41, 5.74) is 6.64. The number of hydrogen-bond donors (Lipinski definition) is 3. The smallest absolute Gasteiger partial charge is 0.270 e. The quantitative estimate of drug-likeness (QED) is 0.678. The zero-order valence-corrected chi connectivity index (χ0v) is 10.3. The molecule has 1 aromatic heterocycles. The Balaban J connectivity index is 1.94. The van der Waals surface area contributed by atoms with E-state index in [-0.39, 0.29) is 17.6 Å². The third-order valence-electron chi connectivity index (χ3n) is 2.47. The van der Waals surface area contributed by atoms with Gasteiger partial charge in [0.15, 0.2) is 0 Å². The number of carbonyl (C=O) groups is 1. The van der Waals surface area contributed by atoms with Crippen LogP contribution in [0, 0.1) is 0 Å². The minimum Gasteiger partial charge on any atom is -0.508 e. The van der Waals surface area contributed by atoms with Gasteiger partial charge in [0.2, 0.25) is 5.91 Å². The first-order valence-corrected chi connectivity index (χ1v) is 5.63. The van der Waals surface area contributed by atoms with Crippen LogP contribution in [0.2, 0.25) is 0 Å². The summed E-state index contributed by atoms with van der Waals surface area (Å²) in [4.78, 5) is 13.0. The Morgan fingerprint density at radius 2 is 2.16 bits per heavy atom. The summed E-state index contributed by atoms with van der Waals surface area (Å²) < 4.78 is 0. The Morgan fingerprint density at radius 3 is 2.74 bits per heavy atom. The Kier molecular flexibility index (Phi) is 3.71. The molecule has 8 nitrogen and oxygen atoms in total. The molecule has 4 N–H and O–H groups in total. The number of tetrazole rings is 1. The predicted molar refractivity (Wildman–Crippen MR) is 67.2 cm³/mol. The molecule has 1 amide bonds. The highest BCUT2D eigenvalue weighted by atomic mass is 16.3. The molecule has 1 aromatic carbocycles. The number of phenolic OH excluding ortho intramolecular Hbond substituents is 1. The van der Waals surface area contributed by atoms with E-state index in [2.05, 4.69) is 20.7 Å².